The Morgan fingerprint density at radius 1 is 1.56 bits per heavy atom. The predicted octanol–water partition coefficient (Wildman–Crippen LogP) is 2.90. The van der Waals surface area contributed by atoms with Crippen LogP contribution in [0.4, 0.5) is 0 Å². The van der Waals surface area contributed by atoms with E-state index in [0.717, 1.165) is 24.6 Å². The number of nitrogens with zero attached hydrogens (tertiary/aromatic N) is 2. The molecule has 0 atom stereocenters. The normalized spacial score (nSPS) is 11.2. The first-order valence-corrected chi connectivity index (χ1v) is 5.77. The van der Waals surface area contributed by atoms with Gasteiger partial charge in [-0.2, -0.15) is 5.10 Å². The summed E-state index contributed by atoms with van der Waals surface area (Å²) in [7, 11) is 0. The zero-order chi connectivity index (χ0) is 11.5. The second-order valence-corrected chi connectivity index (χ2v) is 4.41. The van der Waals surface area contributed by atoms with Gasteiger partial charge in [-0.05, 0) is 24.4 Å². The van der Waals surface area contributed by atoms with Gasteiger partial charge in [0, 0.05) is 18.9 Å². The maximum Gasteiger partial charge on any atom is 0.195 e. The number of aryl methyl sites for hydroxylation is 1. The van der Waals surface area contributed by atoms with Crippen molar-refractivity contribution in [3.05, 3.63) is 34.8 Å². The van der Waals surface area contributed by atoms with Crippen LogP contribution in [-0.4, -0.2) is 14.8 Å². The van der Waals surface area contributed by atoms with Gasteiger partial charge in [0.15, 0.2) is 4.77 Å². The minimum atomic E-state index is 0.365. The van der Waals surface area contributed by atoms with Crippen LogP contribution in [-0.2, 0) is 13.0 Å². The Morgan fingerprint density at radius 3 is 3.00 bits per heavy atom. The summed E-state index contributed by atoms with van der Waals surface area (Å²) in [6.45, 7) is 5.01. The average molecular weight is 237 g/mol. The lowest BCUT2D eigenvalue weighted by atomic mass is 10.2. The minimum Gasteiger partial charge on any atom is -0.469 e. The Morgan fingerprint density at radius 2 is 2.38 bits per heavy atom. The van der Waals surface area contributed by atoms with Crippen molar-refractivity contribution in [2.45, 2.75) is 32.7 Å². The van der Waals surface area contributed by atoms with Gasteiger partial charge >= 0.3 is 0 Å². The van der Waals surface area contributed by atoms with Gasteiger partial charge in [0.25, 0.3) is 0 Å². The molecule has 4 nitrogen and oxygen atoms in total. The SMILES string of the molecule is CC(C)c1n[nH]c(=S)n1CCc1ccco1. The van der Waals surface area contributed by atoms with Gasteiger partial charge in [0.05, 0.1) is 6.26 Å². The van der Waals surface area contributed by atoms with Gasteiger partial charge < -0.3 is 8.98 Å². The van der Waals surface area contributed by atoms with E-state index in [4.69, 9.17) is 16.6 Å². The van der Waals surface area contributed by atoms with E-state index in [1.165, 1.54) is 0 Å². The number of hydrogen-bond acceptors (Lipinski definition) is 3. The molecule has 0 aromatic carbocycles. The highest BCUT2D eigenvalue weighted by atomic mass is 32.1. The summed E-state index contributed by atoms with van der Waals surface area (Å²) >= 11 is 5.20. The molecular weight excluding hydrogens is 222 g/mol. The number of H-pyrrole nitrogens is 1. The molecule has 0 saturated heterocycles. The van der Waals surface area contributed by atoms with Crippen molar-refractivity contribution in [3.63, 3.8) is 0 Å². The zero-order valence-electron chi connectivity index (χ0n) is 9.43. The maximum absolute atomic E-state index is 5.29. The molecule has 2 aromatic heterocycles. The van der Waals surface area contributed by atoms with Crippen molar-refractivity contribution in [1.29, 1.82) is 0 Å². The van der Waals surface area contributed by atoms with Crippen LogP contribution in [0.15, 0.2) is 22.8 Å². The fraction of sp³-hybridized carbons (Fsp3) is 0.455. The van der Waals surface area contributed by atoms with Crippen LogP contribution < -0.4 is 0 Å². The lowest BCUT2D eigenvalue weighted by molar-refractivity contribution is 0.484. The van der Waals surface area contributed by atoms with Crippen LogP contribution in [0.25, 0.3) is 0 Å². The fourth-order valence-corrected chi connectivity index (χ4v) is 1.89. The summed E-state index contributed by atoms with van der Waals surface area (Å²) in [6, 6.07) is 3.87. The number of aromatic nitrogens is 3. The number of rotatable bonds is 4. The third-order valence-electron chi connectivity index (χ3n) is 2.47. The van der Waals surface area contributed by atoms with Gasteiger partial charge in [-0.15, -0.1) is 0 Å². The molecule has 0 unspecified atom stereocenters. The van der Waals surface area contributed by atoms with E-state index in [0.29, 0.717) is 10.7 Å². The number of hydrogen-bond donors (Lipinski definition) is 1. The first-order chi connectivity index (χ1) is 7.68. The van der Waals surface area contributed by atoms with E-state index in [-0.39, 0.29) is 0 Å². The molecular formula is C11H15N3OS. The molecule has 0 aliphatic rings. The van der Waals surface area contributed by atoms with Gasteiger partial charge in [0.2, 0.25) is 0 Å². The highest BCUT2D eigenvalue weighted by Crippen LogP contribution is 2.12. The third-order valence-corrected chi connectivity index (χ3v) is 2.78. The second kappa shape index (κ2) is 4.65. The molecule has 0 aliphatic heterocycles. The van der Waals surface area contributed by atoms with Gasteiger partial charge in [-0.3, -0.25) is 5.10 Å². The molecule has 0 fully saturated rings. The van der Waals surface area contributed by atoms with Crippen molar-refractivity contribution in [1.82, 2.24) is 14.8 Å². The number of furan rings is 1. The highest BCUT2D eigenvalue weighted by Gasteiger charge is 2.10. The summed E-state index contributed by atoms with van der Waals surface area (Å²) < 4.78 is 8.00. The summed E-state index contributed by atoms with van der Waals surface area (Å²) in [5.41, 5.74) is 0. The Labute approximate surface area is 99.3 Å². The molecule has 0 amide bonds. The van der Waals surface area contributed by atoms with Crippen molar-refractivity contribution in [2.24, 2.45) is 0 Å². The molecule has 0 spiro atoms. The molecule has 5 heteroatoms. The highest BCUT2D eigenvalue weighted by molar-refractivity contribution is 7.71. The van der Waals surface area contributed by atoms with E-state index in [9.17, 15) is 0 Å². The van der Waals surface area contributed by atoms with Crippen molar-refractivity contribution in [2.75, 3.05) is 0 Å². The molecule has 2 aromatic rings. The van der Waals surface area contributed by atoms with Gasteiger partial charge in [-0.1, -0.05) is 13.8 Å². The van der Waals surface area contributed by atoms with E-state index >= 15 is 0 Å². The summed E-state index contributed by atoms with van der Waals surface area (Å²) in [5.74, 6) is 2.33. The monoisotopic (exact) mass is 237 g/mol. The molecule has 0 saturated carbocycles. The number of aromatic amines is 1. The molecule has 86 valence electrons. The molecule has 2 heterocycles. The topological polar surface area (TPSA) is 46.8 Å². The Kier molecular flexibility index (Phi) is 3.24. The summed E-state index contributed by atoms with van der Waals surface area (Å²) in [5, 5.41) is 7.06. The summed E-state index contributed by atoms with van der Waals surface area (Å²) in [4.78, 5) is 0. The van der Waals surface area contributed by atoms with Crippen LogP contribution in [0.5, 0.6) is 0 Å². The summed E-state index contributed by atoms with van der Waals surface area (Å²) in [6.07, 6.45) is 2.52. The molecule has 2 rings (SSSR count). The Bertz CT molecular complexity index is 496. The van der Waals surface area contributed by atoms with Gasteiger partial charge in [-0.25, -0.2) is 0 Å². The van der Waals surface area contributed by atoms with E-state index < -0.39 is 0 Å². The third kappa shape index (κ3) is 2.24. The van der Waals surface area contributed by atoms with Crippen LogP contribution in [0.1, 0.15) is 31.4 Å². The minimum absolute atomic E-state index is 0.365. The van der Waals surface area contributed by atoms with E-state index in [1.54, 1.807) is 6.26 Å². The largest absolute Gasteiger partial charge is 0.469 e. The molecule has 0 bridgehead atoms. The quantitative estimate of drug-likeness (QED) is 0.832. The smallest absolute Gasteiger partial charge is 0.195 e. The van der Waals surface area contributed by atoms with Crippen LogP contribution in [0.2, 0.25) is 0 Å². The van der Waals surface area contributed by atoms with Crippen molar-refractivity contribution >= 4 is 12.2 Å². The van der Waals surface area contributed by atoms with Gasteiger partial charge in [0.1, 0.15) is 11.6 Å². The second-order valence-electron chi connectivity index (χ2n) is 4.02. The lowest BCUT2D eigenvalue weighted by Crippen LogP contribution is -2.07. The Balaban J connectivity index is 2.14. The van der Waals surface area contributed by atoms with Crippen LogP contribution in [0, 0.1) is 4.77 Å². The Hall–Kier alpha value is -1.36. The first-order valence-electron chi connectivity index (χ1n) is 5.36. The fourth-order valence-electron chi connectivity index (χ4n) is 1.66. The zero-order valence-corrected chi connectivity index (χ0v) is 10.3. The lowest BCUT2D eigenvalue weighted by Gasteiger charge is -2.07. The number of nitrogens with one attached hydrogen (secondary N) is 1. The molecule has 0 radical (unpaired) electrons. The van der Waals surface area contributed by atoms with Crippen molar-refractivity contribution in [3.8, 4) is 0 Å². The molecule has 16 heavy (non-hydrogen) atoms. The maximum atomic E-state index is 5.29. The van der Waals surface area contributed by atoms with E-state index in [2.05, 4.69) is 24.0 Å². The van der Waals surface area contributed by atoms with Crippen molar-refractivity contribution < 1.29 is 4.42 Å². The van der Waals surface area contributed by atoms with Crippen LogP contribution >= 0.6 is 12.2 Å². The predicted molar refractivity (Wildman–Crippen MR) is 63.9 cm³/mol. The van der Waals surface area contributed by atoms with E-state index in [1.807, 2.05) is 16.7 Å². The first kappa shape index (κ1) is 11.1. The van der Waals surface area contributed by atoms with Crippen LogP contribution in [0.3, 0.4) is 0 Å². The standard InChI is InChI=1S/C11H15N3OS/c1-8(2)10-12-13-11(16)14(10)6-5-9-4-3-7-15-9/h3-4,7-8H,5-6H2,1-2H3,(H,13,16). The molecule has 0 aliphatic carbocycles. The molecule has 1 N–H and O–H groups in total. The average Bonchev–Trinajstić information content (AvgIpc) is 2.84.